The van der Waals surface area contributed by atoms with Crippen LogP contribution in [0.2, 0.25) is 0 Å². The third-order valence-corrected chi connectivity index (χ3v) is 3.62. The predicted molar refractivity (Wildman–Crippen MR) is 109 cm³/mol. The van der Waals surface area contributed by atoms with Crippen molar-refractivity contribution in [2.75, 3.05) is 10.6 Å². The Morgan fingerprint density at radius 1 is 0.852 bits per heavy atom. The monoisotopic (exact) mass is 371 g/mol. The van der Waals surface area contributed by atoms with E-state index in [1.54, 1.807) is 12.1 Å². The van der Waals surface area contributed by atoms with E-state index in [1.165, 1.54) is 0 Å². The molecule has 0 bridgehead atoms. The molecule has 2 N–H and O–H groups in total. The fourth-order valence-corrected chi connectivity index (χ4v) is 2.53. The second-order valence-electron chi connectivity index (χ2n) is 7.16. The zero-order chi connectivity index (χ0) is 20.0. The number of hydrogen-bond donors (Lipinski definition) is 2. The van der Waals surface area contributed by atoms with Crippen molar-refractivity contribution in [3.8, 4) is 11.8 Å². The molecule has 0 aliphatic carbocycles. The van der Waals surface area contributed by atoms with Crippen molar-refractivity contribution in [3.63, 3.8) is 0 Å². The van der Waals surface area contributed by atoms with Gasteiger partial charge in [-0.15, -0.1) is 0 Å². The summed E-state index contributed by atoms with van der Waals surface area (Å²) >= 11 is 0. The molecular formula is C21H29N3O3. The number of rotatable bonds is 7. The number of carbonyl (C=O) groups is 1. The van der Waals surface area contributed by atoms with E-state index in [9.17, 15) is 4.79 Å². The molecule has 146 valence electrons. The lowest BCUT2D eigenvalue weighted by atomic mass is 10.0. The van der Waals surface area contributed by atoms with Crippen LogP contribution in [0.15, 0.2) is 36.4 Å². The van der Waals surface area contributed by atoms with Gasteiger partial charge in [0.15, 0.2) is 0 Å². The summed E-state index contributed by atoms with van der Waals surface area (Å²) in [7, 11) is 0. The number of nitrogens with one attached hydrogen (secondary N) is 2. The van der Waals surface area contributed by atoms with Crippen molar-refractivity contribution in [2.24, 2.45) is 0 Å². The third kappa shape index (κ3) is 6.16. The van der Waals surface area contributed by atoms with Crippen molar-refractivity contribution in [1.82, 2.24) is 4.98 Å². The maximum absolute atomic E-state index is 12.5. The Hall–Kier alpha value is -2.76. The number of urea groups is 1. The Bertz CT molecular complexity index is 773. The Balaban J connectivity index is 2.19. The third-order valence-electron chi connectivity index (χ3n) is 3.62. The lowest BCUT2D eigenvalue weighted by molar-refractivity contribution is 0.211. The SMILES string of the molecule is CC(C)Oc1ccc(NC(=O)Nc2ccccc2C(C)C)c(OC(C)C)n1. The lowest BCUT2D eigenvalue weighted by Crippen LogP contribution is -2.22. The van der Waals surface area contributed by atoms with Gasteiger partial charge in [0.1, 0.15) is 5.69 Å². The highest BCUT2D eigenvalue weighted by Gasteiger charge is 2.15. The molecule has 2 aromatic rings. The largest absolute Gasteiger partial charge is 0.475 e. The molecule has 0 unspecified atom stereocenters. The summed E-state index contributed by atoms with van der Waals surface area (Å²) < 4.78 is 11.4. The van der Waals surface area contributed by atoms with E-state index in [4.69, 9.17) is 9.47 Å². The summed E-state index contributed by atoms with van der Waals surface area (Å²) in [6, 6.07) is 10.8. The van der Waals surface area contributed by atoms with Gasteiger partial charge < -0.3 is 20.1 Å². The molecule has 2 amide bonds. The van der Waals surface area contributed by atoms with Crippen LogP contribution >= 0.6 is 0 Å². The topological polar surface area (TPSA) is 72.5 Å². The fourth-order valence-electron chi connectivity index (χ4n) is 2.53. The summed E-state index contributed by atoms with van der Waals surface area (Å²) in [6.45, 7) is 11.8. The lowest BCUT2D eigenvalue weighted by Gasteiger charge is -2.17. The standard InChI is InChI=1S/C21H29N3O3/c1-13(2)16-9-7-8-10-17(16)22-21(25)23-18-11-12-19(26-14(3)4)24-20(18)27-15(5)6/h7-15H,1-6H3,(H2,22,23,25). The molecule has 2 rings (SSSR count). The summed E-state index contributed by atoms with van der Waals surface area (Å²) in [5, 5.41) is 5.72. The number of aromatic nitrogens is 1. The molecule has 6 nitrogen and oxygen atoms in total. The molecule has 0 saturated carbocycles. The Labute approximate surface area is 161 Å². The maximum atomic E-state index is 12.5. The number of ether oxygens (including phenoxy) is 2. The van der Waals surface area contributed by atoms with E-state index >= 15 is 0 Å². The number of amides is 2. The van der Waals surface area contributed by atoms with Crippen LogP contribution in [0.4, 0.5) is 16.2 Å². The van der Waals surface area contributed by atoms with E-state index < -0.39 is 0 Å². The van der Waals surface area contributed by atoms with Gasteiger partial charge in [-0.25, -0.2) is 4.79 Å². The average Bonchev–Trinajstić information content (AvgIpc) is 2.56. The van der Waals surface area contributed by atoms with Crippen LogP contribution in [0.3, 0.4) is 0 Å². The first kappa shape index (κ1) is 20.6. The summed E-state index contributed by atoms with van der Waals surface area (Å²) in [5.74, 6) is 1.09. The molecule has 1 aromatic heterocycles. The van der Waals surface area contributed by atoms with Crippen LogP contribution < -0.4 is 20.1 Å². The first-order valence-corrected chi connectivity index (χ1v) is 9.27. The average molecular weight is 371 g/mol. The van der Waals surface area contributed by atoms with Crippen LogP contribution in [0, 0.1) is 0 Å². The molecule has 6 heteroatoms. The quantitative estimate of drug-likeness (QED) is 0.681. The van der Waals surface area contributed by atoms with Crippen LogP contribution in [0.25, 0.3) is 0 Å². The Morgan fingerprint density at radius 2 is 1.48 bits per heavy atom. The number of carbonyl (C=O) groups excluding carboxylic acids is 1. The second-order valence-corrected chi connectivity index (χ2v) is 7.16. The molecular weight excluding hydrogens is 342 g/mol. The molecule has 0 saturated heterocycles. The highest BCUT2D eigenvalue weighted by Crippen LogP contribution is 2.28. The fraction of sp³-hybridized carbons (Fsp3) is 0.429. The Morgan fingerprint density at radius 3 is 2.11 bits per heavy atom. The van der Waals surface area contributed by atoms with Gasteiger partial charge in [-0.1, -0.05) is 32.0 Å². The van der Waals surface area contributed by atoms with Gasteiger partial charge in [-0.05, 0) is 51.3 Å². The van der Waals surface area contributed by atoms with E-state index in [0.29, 0.717) is 23.4 Å². The van der Waals surface area contributed by atoms with Crippen LogP contribution in [0.5, 0.6) is 11.8 Å². The van der Waals surface area contributed by atoms with Gasteiger partial charge in [0.2, 0.25) is 11.8 Å². The van der Waals surface area contributed by atoms with E-state index in [0.717, 1.165) is 11.3 Å². The summed E-state index contributed by atoms with van der Waals surface area (Å²) in [4.78, 5) is 16.9. The smallest absolute Gasteiger partial charge is 0.323 e. The number of hydrogen-bond acceptors (Lipinski definition) is 4. The predicted octanol–water partition coefficient (Wildman–Crippen LogP) is 5.42. The molecule has 0 spiro atoms. The molecule has 0 fully saturated rings. The number of benzene rings is 1. The minimum Gasteiger partial charge on any atom is -0.475 e. The number of para-hydroxylation sites is 1. The molecule has 0 aliphatic heterocycles. The number of pyridine rings is 1. The van der Waals surface area contributed by atoms with Crippen molar-refractivity contribution in [2.45, 2.75) is 59.7 Å². The van der Waals surface area contributed by atoms with E-state index in [-0.39, 0.29) is 18.2 Å². The molecule has 0 radical (unpaired) electrons. The first-order valence-electron chi connectivity index (χ1n) is 9.27. The highest BCUT2D eigenvalue weighted by molar-refractivity contribution is 6.01. The summed E-state index contributed by atoms with van der Waals surface area (Å²) in [6.07, 6.45) is -0.0869. The van der Waals surface area contributed by atoms with Gasteiger partial charge >= 0.3 is 6.03 Å². The highest BCUT2D eigenvalue weighted by atomic mass is 16.5. The zero-order valence-corrected chi connectivity index (χ0v) is 16.9. The van der Waals surface area contributed by atoms with Gasteiger partial charge in [0.25, 0.3) is 0 Å². The molecule has 1 heterocycles. The van der Waals surface area contributed by atoms with Crippen molar-refractivity contribution in [1.29, 1.82) is 0 Å². The summed E-state index contributed by atoms with van der Waals surface area (Å²) in [5.41, 5.74) is 2.34. The van der Waals surface area contributed by atoms with Crippen LogP contribution in [-0.4, -0.2) is 23.2 Å². The molecule has 0 aliphatic rings. The maximum Gasteiger partial charge on any atom is 0.323 e. The second kappa shape index (κ2) is 9.26. The number of anilines is 2. The van der Waals surface area contributed by atoms with Gasteiger partial charge in [0, 0.05) is 11.8 Å². The van der Waals surface area contributed by atoms with E-state index in [1.807, 2.05) is 52.0 Å². The van der Waals surface area contributed by atoms with Crippen LogP contribution in [-0.2, 0) is 0 Å². The molecule has 1 aromatic carbocycles. The van der Waals surface area contributed by atoms with Crippen molar-refractivity contribution in [3.05, 3.63) is 42.0 Å². The van der Waals surface area contributed by atoms with Crippen molar-refractivity contribution < 1.29 is 14.3 Å². The van der Waals surface area contributed by atoms with Crippen LogP contribution in [0.1, 0.15) is 53.0 Å². The molecule has 0 atom stereocenters. The van der Waals surface area contributed by atoms with Gasteiger partial charge in [-0.2, -0.15) is 4.98 Å². The number of nitrogens with zero attached hydrogens (tertiary/aromatic N) is 1. The molecule has 27 heavy (non-hydrogen) atoms. The minimum atomic E-state index is -0.351. The van der Waals surface area contributed by atoms with Gasteiger partial charge in [-0.3, -0.25) is 0 Å². The van der Waals surface area contributed by atoms with Gasteiger partial charge in [0.05, 0.1) is 12.2 Å². The normalized spacial score (nSPS) is 11.0. The van der Waals surface area contributed by atoms with Crippen molar-refractivity contribution >= 4 is 17.4 Å². The zero-order valence-electron chi connectivity index (χ0n) is 16.9. The first-order chi connectivity index (χ1) is 12.8. The van der Waals surface area contributed by atoms with E-state index in [2.05, 4.69) is 29.5 Å². The Kier molecular flexibility index (Phi) is 7.05. The minimum absolute atomic E-state index is 0.000886.